The van der Waals surface area contributed by atoms with Crippen LogP contribution in [0.1, 0.15) is 17.3 Å². The first kappa shape index (κ1) is 9.58. The average molecular weight is 237 g/mol. The number of hydrogen-bond donors (Lipinski definition) is 1. The molecule has 3 aromatic rings. The molecule has 0 fully saturated rings. The maximum atomic E-state index is 4.29. The van der Waals surface area contributed by atoms with Crippen molar-refractivity contribution in [2.75, 3.05) is 11.9 Å². The van der Waals surface area contributed by atoms with E-state index in [9.17, 15) is 0 Å². The van der Waals surface area contributed by atoms with Crippen molar-refractivity contribution in [3.63, 3.8) is 0 Å². The number of nitrogens with one attached hydrogen (secondary N) is 1. The topological polar surface area (TPSA) is 55.1 Å². The van der Waals surface area contributed by atoms with Crippen molar-refractivity contribution in [2.45, 2.75) is 5.92 Å². The molecule has 1 aliphatic rings. The minimum atomic E-state index is 0.236. The van der Waals surface area contributed by atoms with Crippen molar-refractivity contribution in [1.29, 1.82) is 0 Å². The van der Waals surface area contributed by atoms with Gasteiger partial charge in [-0.25, -0.2) is 4.98 Å². The number of para-hydroxylation sites is 1. The first-order chi connectivity index (χ1) is 8.93. The fraction of sp³-hybridized carbons (Fsp3) is 0.154. The second-order valence-electron chi connectivity index (χ2n) is 4.37. The number of nitrogens with zero attached hydrogens (tertiary/aromatic N) is 4. The Balaban J connectivity index is 1.90. The molecule has 1 atom stereocenters. The average Bonchev–Trinajstić information content (AvgIpc) is 3.01. The van der Waals surface area contributed by atoms with Crippen LogP contribution in [-0.2, 0) is 0 Å². The molecule has 0 amide bonds. The Kier molecular flexibility index (Phi) is 1.88. The van der Waals surface area contributed by atoms with Gasteiger partial charge in [0.1, 0.15) is 5.82 Å². The molecule has 5 heteroatoms. The molecular weight excluding hydrogens is 226 g/mol. The zero-order valence-electron chi connectivity index (χ0n) is 9.61. The summed E-state index contributed by atoms with van der Waals surface area (Å²) in [5.41, 5.74) is 2.46. The van der Waals surface area contributed by atoms with Crippen LogP contribution in [0, 0.1) is 0 Å². The standard InChI is InChI=1S/C13H11N5/c1-2-5-11-9(4-1)10(8-15-11)12-16-17-13-14-6-3-7-18(12)13/h1-7,10,15H,8H2. The lowest BCUT2D eigenvalue weighted by atomic mass is 10.0. The van der Waals surface area contributed by atoms with Gasteiger partial charge in [-0.3, -0.25) is 4.40 Å². The molecule has 0 radical (unpaired) electrons. The lowest BCUT2D eigenvalue weighted by molar-refractivity contribution is 0.790. The molecule has 0 saturated carbocycles. The SMILES string of the molecule is c1ccc2c(c1)NCC2c1nnc2ncccn12. The van der Waals surface area contributed by atoms with Crippen molar-refractivity contribution >= 4 is 11.5 Å². The summed E-state index contributed by atoms with van der Waals surface area (Å²) in [4.78, 5) is 4.20. The van der Waals surface area contributed by atoms with E-state index in [1.54, 1.807) is 6.20 Å². The highest BCUT2D eigenvalue weighted by atomic mass is 15.3. The van der Waals surface area contributed by atoms with Crippen LogP contribution in [-0.4, -0.2) is 26.1 Å². The summed E-state index contributed by atoms with van der Waals surface area (Å²) in [7, 11) is 0. The number of anilines is 1. The fourth-order valence-electron chi connectivity index (χ4n) is 2.51. The van der Waals surface area contributed by atoms with Crippen LogP contribution in [0.5, 0.6) is 0 Å². The predicted molar refractivity (Wildman–Crippen MR) is 67.6 cm³/mol. The summed E-state index contributed by atoms with van der Waals surface area (Å²) in [6, 6.07) is 10.2. The van der Waals surface area contributed by atoms with E-state index in [4.69, 9.17) is 0 Å². The summed E-state index contributed by atoms with van der Waals surface area (Å²) in [6.07, 6.45) is 3.69. The van der Waals surface area contributed by atoms with Crippen molar-refractivity contribution in [2.24, 2.45) is 0 Å². The van der Waals surface area contributed by atoms with Gasteiger partial charge in [-0.2, -0.15) is 0 Å². The fourth-order valence-corrected chi connectivity index (χ4v) is 2.51. The van der Waals surface area contributed by atoms with E-state index >= 15 is 0 Å². The molecule has 1 aliphatic heterocycles. The third kappa shape index (κ3) is 1.24. The Morgan fingerprint density at radius 3 is 3.11 bits per heavy atom. The van der Waals surface area contributed by atoms with E-state index in [0.717, 1.165) is 12.4 Å². The van der Waals surface area contributed by atoms with Gasteiger partial charge in [-0.05, 0) is 17.7 Å². The van der Waals surface area contributed by atoms with E-state index in [1.165, 1.54) is 11.3 Å². The van der Waals surface area contributed by atoms with Crippen LogP contribution in [0.4, 0.5) is 5.69 Å². The summed E-state index contributed by atoms with van der Waals surface area (Å²) in [5.74, 6) is 1.83. The maximum Gasteiger partial charge on any atom is 0.254 e. The van der Waals surface area contributed by atoms with Crippen LogP contribution in [0.3, 0.4) is 0 Å². The Morgan fingerprint density at radius 1 is 1.17 bits per heavy atom. The zero-order valence-corrected chi connectivity index (χ0v) is 9.61. The number of fused-ring (bicyclic) bond motifs is 2. The van der Waals surface area contributed by atoms with Crippen LogP contribution in [0.2, 0.25) is 0 Å². The molecule has 0 spiro atoms. The molecule has 0 saturated heterocycles. The second-order valence-corrected chi connectivity index (χ2v) is 4.37. The third-order valence-electron chi connectivity index (χ3n) is 3.36. The molecule has 0 bridgehead atoms. The summed E-state index contributed by atoms with van der Waals surface area (Å²) in [6.45, 7) is 0.856. The first-order valence-electron chi connectivity index (χ1n) is 5.92. The van der Waals surface area contributed by atoms with Crippen molar-refractivity contribution in [3.8, 4) is 0 Å². The van der Waals surface area contributed by atoms with Crippen LogP contribution in [0.25, 0.3) is 5.78 Å². The molecule has 1 aromatic carbocycles. The normalized spacial score (nSPS) is 17.7. The lowest BCUT2D eigenvalue weighted by Crippen LogP contribution is -2.08. The smallest absolute Gasteiger partial charge is 0.254 e. The lowest BCUT2D eigenvalue weighted by Gasteiger charge is -2.07. The van der Waals surface area contributed by atoms with Crippen molar-refractivity contribution in [3.05, 3.63) is 54.1 Å². The molecule has 18 heavy (non-hydrogen) atoms. The van der Waals surface area contributed by atoms with E-state index in [-0.39, 0.29) is 5.92 Å². The van der Waals surface area contributed by atoms with Crippen molar-refractivity contribution < 1.29 is 0 Å². The van der Waals surface area contributed by atoms with E-state index < -0.39 is 0 Å². The zero-order chi connectivity index (χ0) is 11.9. The number of rotatable bonds is 1. The van der Waals surface area contributed by atoms with Gasteiger partial charge in [0, 0.05) is 24.6 Å². The highest BCUT2D eigenvalue weighted by Gasteiger charge is 2.27. The Bertz CT molecular complexity index is 718. The number of benzene rings is 1. The molecule has 2 aromatic heterocycles. The monoisotopic (exact) mass is 237 g/mol. The molecule has 0 aliphatic carbocycles. The van der Waals surface area contributed by atoms with Gasteiger partial charge in [0.15, 0.2) is 0 Å². The molecular formula is C13H11N5. The van der Waals surface area contributed by atoms with Crippen LogP contribution >= 0.6 is 0 Å². The predicted octanol–water partition coefficient (Wildman–Crippen LogP) is 1.68. The quantitative estimate of drug-likeness (QED) is 0.699. The van der Waals surface area contributed by atoms with E-state index in [0.29, 0.717) is 5.78 Å². The Hall–Kier alpha value is -2.43. The number of aromatic nitrogens is 4. The van der Waals surface area contributed by atoms with E-state index in [2.05, 4.69) is 38.7 Å². The van der Waals surface area contributed by atoms with Crippen molar-refractivity contribution in [1.82, 2.24) is 19.6 Å². The van der Waals surface area contributed by atoms with Gasteiger partial charge < -0.3 is 5.32 Å². The molecule has 5 nitrogen and oxygen atoms in total. The highest BCUT2D eigenvalue weighted by Crippen LogP contribution is 2.34. The largest absolute Gasteiger partial charge is 0.384 e. The molecule has 1 unspecified atom stereocenters. The van der Waals surface area contributed by atoms with E-state index in [1.807, 2.05) is 22.7 Å². The minimum Gasteiger partial charge on any atom is -0.384 e. The summed E-state index contributed by atoms with van der Waals surface area (Å²) in [5, 5.41) is 11.8. The Morgan fingerprint density at radius 2 is 2.11 bits per heavy atom. The first-order valence-corrected chi connectivity index (χ1v) is 5.92. The van der Waals surface area contributed by atoms with Gasteiger partial charge in [-0.15, -0.1) is 10.2 Å². The summed E-state index contributed by atoms with van der Waals surface area (Å²) < 4.78 is 1.95. The van der Waals surface area contributed by atoms with Gasteiger partial charge in [0.25, 0.3) is 5.78 Å². The third-order valence-corrected chi connectivity index (χ3v) is 3.36. The minimum absolute atomic E-state index is 0.236. The van der Waals surface area contributed by atoms with Crippen LogP contribution in [0.15, 0.2) is 42.7 Å². The molecule has 1 N–H and O–H groups in total. The summed E-state index contributed by atoms with van der Waals surface area (Å²) >= 11 is 0. The molecule has 4 rings (SSSR count). The van der Waals surface area contributed by atoms with Gasteiger partial charge in [-0.1, -0.05) is 18.2 Å². The Labute approximate surface area is 104 Å². The maximum absolute atomic E-state index is 4.29. The van der Waals surface area contributed by atoms with Gasteiger partial charge in [0.05, 0.1) is 5.92 Å². The van der Waals surface area contributed by atoms with Gasteiger partial charge >= 0.3 is 0 Å². The second kappa shape index (κ2) is 3.53. The molecule has 88 valence electrons. The molecule has 3 heterocycles. The van der Waals surface area contributed by atoms with Crippen LogP contribution < -0.4 is 5.32 Å². The van der Waals surface area contributed by atoms with Gasteiger partial charge in [0.2, 0.25) is 0 Å². The number of hydrogen-bond acceptors (Lipinski definition) is 4. The highest BCUT2D eigenvalue weighted by molar-refractivity contribution is 5.59.